The predicted octanol–water partition coefficient (Wildman–Crippen LogP) is 2.90. The van der Waals surface area contributed by atoms with Crippen LogP contribution in [0.3, 0.4) is 0 Å². The van der Waals surface area contributed by atoms with Gasteiger partial charge in [-0.3, -0.25) is 9.59 Å². The lowest BCUT2D eigenvalue weighted by molar-refractivity contribution is -0.127. The second kappa shape index (κ2) is 13.8. The predicted molar refractivity (Wildman–Crippen MR) is 135 cm³/mol. The third-order valence-corrected chi connectivity index (χ3v) is 5.03. The second-order valence-electron chi connectivity index (χ2n) is 7.42. The summed E-state index contributed by atoms with van der Waals surface area (Å²) in [7, 11) is 0. The van der Waals surface area contributed by atoms with Gasteiger partial charge in [0.05, 0.1) is 19.4 Å². The molecule has 174 valence electrons. The van der Waals surface area contributed by atoms with Crippen molar-refractivity contribution in [1.82, 2.24) is 20.9 Å². The molecule has 2 aromatic rings. The van der Waals surface area contributed by atoms with E-state index in [4.69, 9.17) is 4.42 Å². The molecule has 1 aliphatic rings. The minimum absolute atomic E-state index is 0. The Kier molecular flexibility index (Phi) is 11.1. The molecule has 1 aromatic heterocycles. The number of likely N-dealkylation sites (tertiary alicyclic amines) is 1. The Morgan fingerprint density at radius 2 is 2.06 bits per heavy atom. The number of hydrogen-bond acceptors (Lipinski definition) is 4. The molecule has 3 rings (SSSR count). The fraction of sp³-hybridized carbons (Fsp3) is 0.435. The number of furan rings is 1. The van der Waals surface area contributed by atoms with E-state index in [1.807, 2.05) is 36.1 Å². The Morgan fingerprint density at radius 3 is 2.78 bits per heavy atom. The van der Waals surface area contributed by atoms with Gasteiger partial charge in [0.1, 0.15) is 5.76 Å². The molecule has 1 saturated heterocycles. The van der Waals surface area contributed by atoms with Crippen molar-refractivity contribution in [3.8, 4) is 0 Å². The SMILES string of the molecule is CCNC(=NCc1cccc(C(=O)NCc2ccco2)c1)NCCCN1CCCC1=O.I. The number of carbonyl (C=O) groups excluding carboxylic acids is 2. The highest BCUT2D eigenvalue weighted by Crippen LogP contribution is 2.10. The number of guanidine groups is 1. The van der Waals surface area contributed by atoms with Crippen molar-refractivity contribution in [2.24, 2.45) is 4.99 Å². The molecule has 8 nitrogen and oxygen atoms in total. The third-order valence-electron chi connectivity index (χ3n) is 5.03. The maximum absolute atomic E-state index is 12.4. The van der Waals surface area contributed by atoms with Gasteiger partial charge in [0.25, 0.3) is 5.91 Å². The minimum atomic E-state index is -0.149. The van der Waals surface area contributed by atoms with Crippen LogP contribution in [0, 0.1) is 0 Å². The fourth-order valence-electron chi connectivity index (χ4n) is 3.42. The van der Waals surface area contributed by atoms with Gasteiger partial charge in [-0.15, -0.1) is 24.0 Å². The van der Waals surface area contributed by atoms with Gasteiger partial charge in [0, 0.05) is 38.2 Å². The lowest BCUT2D eigenvalue weighted by Crippen LogP contribution is -2.39. The fourth-order valence-corrected chi connectivity index (χ4v) is 3.42. The summed E-state index contributed by atoms with van der Waals surface area (Å²) < 4.78 is 5.24. The Bertz CT molecular complexity index is 886. The number of rotatable bonds is 10. The summed E-state index contributed by atoms with van der Waals surface area (Å²) in [5, 5.41) is 9.40. The van der Waals surface area contributed by atoms with Crippen LogP contribution < -0.4 is 16.0 Å². The van der Waals surface area contributed by atoms with E-state index in [1.54, 1.807) is 18.4 Å². The summed E-state index contributed by atoms with van der Waals surface area (Å²) in [6.45, 7) is 5.98. The van der Waals surface area contributed by atoms with E-state index in [1.165, 1.54) is 0 Å². The topological polar surface area (TPSA) is 99.0 Å². The van der Waals surface area contributed by atoms with Crippen molar-refractivity contribution in [1.29, 1.82) is 0 Å². The van der Waals surface area contributed by atoms with Gasteiger partial charge >= 0.3 is 0 Å². The van der Waals surface area contributed by atoms with Crippen molar-refractivity contribution >= 4 is 41.8 Å². The van der Waals surface area contributed by atoms with Crippen molar-refractivity contribution in [3.63, 3.8) is 0 Å². The molecule has 32 heavy (non-hydrogen) atoms. The van der Waals surface area contributed by atoms with Gasteiger partial charge in [0.2, 0.25) is 5.91 Å². The van der Waals surface area contributed by atoms with Crippen LogP contribution in [0.5, 0.6) is 0 Å². The lowest BCUT2D eigenvalue weighted by Gasteiger charge is -2.16. The number of benzene rings is 1. The smallest absolute Gasteiger partial charge is 0.251 e. The van der Waals surface area contributed by atoms with Gasteiger partial charge < -0.3 is 25.3 Å². The van der Waals surface area contributed by atoms with Crippen LogP contribution in [0.4, 0.5) is 0 Å². The summed E-state index contributed by atoms with van der Waals surface area (Å²) in [6.07, 6.45) is 4.11. The number of nitrogens with zero attached hydrogens (tertiary/aromatic N) is 2. The quantitative estimate of drug-likeness (QED) is 0.182. The number of nitrogens with one attached hydrogen (secondary N) is 3. The van der Waals surface area contributed by atoms with Crippen molar-refractivity contribution in [3.05, 3.63) is 59.5 Å². The van der Waals surface area contributed by atoms with Crippen LogP contribution in [0.15, 0.2) is 52.1 Å². The monoisotopic (exact) mass is 553 g/mol. The second-order valence-corrected chi connectivity index (χ2v) is 7.42. The molecule has 9 heteroatoms. The van der Waals surface area contributed by atoms with Crippen LogP contribution in [0.1, 0.15) is 47.9 Å². The third kappa shape index (κ3) is 8.18. The van der Waals surface area contributed by atoms with E-state index < -0.39 is 0 Å². The number of amides is 2. The Balaban J connectivity index is 0.00000363. The van der Waals surface area contributed by atoms with E-state index in [0.29, 0.717) is 30.8 Å². The normalized spacial score (nSPS) is 13.6. The Labute approximate surface area is 206 Å². The first-order chi connectivity index (χ1) is 15.2. The Morgan fingerprint density at radius 1 is 1.19 bits per heavy atom. The van der Waals surface area contributed by atoms with Gasteiger partial charge in [0.15, 0.2) is 5.96 Å². The molecule has 0 radical (unpaired) electrons. The number of halogens is 1. The molecule has 0 atom stereocenters. The molecule has 0 unspecified atom stereocenters. The summed E-state index contributed by atoms with van der Waals surface area (Å²) in [5.74, 6) is 1.55. The van der Waals surface area contributed by atoms with Crippen LogP contribution >= 0.6 is 24.0 Å². The summed E-state index contributed by atoms with van der Waals surface area (Å²) >= 11 is 0. The first-order valence-corrected chi connectivity index (χ1v) is 10.8. The average Bonchev–Trinajstić information content (AvgIpc) is 3.45. The summed E-state index contributed by atoms with van der Waals surface area (Å²) in [4.78, 5) is 30.6. The van der Waals surface area contributed by atoms with Crippen LogP contribution in [0.2, 0.25) is 0 Å². The van der Waals surface area contributed by atoms with Gasteiger partial charge in [-0.25, -0.2) is 4.99 Å². The number of hydrogen-bond donors (Lipinski definition) is 3. The molecule has 0 aliphatic carbocycles. The molecule has 0 bridgehead atoms. The van der Waals surface area contributed by atoms with Gasteiger partial charge in [-0.05, 0) is 49.6 Å². The molecule has 3 N–H and O–H groups in total. The molecule has 1 fully saturated rings. The molecule has 0 spiro atoms. The molecule has 2 heterocycles. The zero-order chi connectivity index (χ0) is 21.9. The van der Waals surface area contributed by atoms with Crippen molar-refractivity contribution in [2.75, 3.05) is 26.2 Å². The standard InChI is InChI=1S/C23H31N5O3.HI/c1-2-24-23(25-11-6-13-28-12-4-10-21(28)29)27-16-18-7-3-8-19(15-18)22(30)26-17-20-9-5-14-31-20;/h3,5,7-9,14-15H,2,4,6,10-13,16-17H2,1H3,(H,26,30)(H2,24,25,27);1H. The maximum Gasteiger partial charge on any atom is 0.251 e. The minimum Gasteiger partial charge on any atom is -0.467 e. The van der Waals surface area contributed by atoms with Crippen LogP contribution in [-0.2, 0) is 17.9 Å². The zero-order valence-electron chi connectivity index (χ0n) is 18.4. The first-order valence-electron chi connectivity index (χ1n) is 10.8. The van der Waals surface area contributed by atoms with E-state index in [-0.39, 0.29) is 35.8 Å². The van der Waals surface area contributed by atoms with Crippen LogP contribution in [0.25, 0.3) is 0 Å². The van der Waals surface area contributed by atoms with Gasteiger partial charge in [-0.2, -0.15) is 0 Å². The summed E-state index contributed by atoms with van der Waals surface area (Å²) in [5.41, 5.74) is 1.54. The molecule has 1 aliphatic heterocycles. The molecule has 0 saturated carbocycles. The van der Waals surface area contributed by atoms with E-state index >= 15 is 0 Å². The summed E-state index contributed by atoms with van der Waals surface area (Å²) in [6, 6.07) is 11.1. The number of aliphatic imine (C=N–C) groups is 1. The highest BCUT2D eigenvalue weighted by molar-refractivity contribution is 14.0. The largest absolute Gasteiger partial charge is 0.467 e. The molecular weight excluding hydrogens is 521 g/mol. The molecule has 2 amide bonds. The highest BCUT2D eigenvalue weighted by atomic mass is 127. The van der Waals surface area contributed by atoms with E-state index in [9.17, 15) is 9.59 Å². The van der Waals surface area contributed by atoms with E-state index in [0.717, 1.165) is 50.5 Å². The first kappa shape index (κ1) is 25.7. The maximum atomic E-state index is 12.4. The number of carbonyl (C=O) groups is 2. The highest BCUT2D eigenvalue weighted by Gasteiger charge is 2.18. The lowest BCUT2D eigenvalue weighted by atomic mass is 10.1. The Hall–Kier alpha value is -2.56. The zero-order valence-corrected chi connectivity index (χ0v) is 20.8. The van der Waals surface area contributed by atoms with E-state index in [2.05, 4.69) is 20.9 Å². The average molecular weight is 553 g/mol. The molecular formula is C23H32IN5O3. The van der Waals surface area contributed by atoms with Gasteiger partial charge in [-0.1, -0.05) is 12.1 Å². The van der Waals surface area contributed by atoms with Crippen molar-refractivity contribution < 1.29 is 14.0 Å². The molecule has 1 aromatic carbocycles. The van der Waals surface area contributed by atoms with Crippen molar-refractivity contribution in [2.45, 2.75) is 39.3 Å². The van der Waals surface area contributed by atoms with Crippen LogP contribution in [-0.4, -0.2) is 48.9 Å².